The lowest BCUT2D eigenvalue weighted by atomic mass is 9.95. The number of hydrogen-bond acceptors (Lipinski definition) is 4. The molecule has 0 spiro atoms. The van der Waals surface area contributed by atoms with Crippen LogP contribution in [0.25, 0.3) is 11.0 Å². The van der Waals surface area contributed by atoms with Gasteiger partial charge in [-0.15, -0.1) is 0 Å². The Bertz CT molecular complexity index is 804. The van der Waals surface area contributed by atoms with Crippen LogP contribution >= 0.6 is 0 Å². The van der Waals surface area contributed by atoms with Gasteiger partial charge < -0.3 is 14.8 Å². The van der Waals surface area contributed by atoms with E-state index in [2.05, 4.69) is 10.3 Å². The number of fused-ring (bicyclic) bond motifs is 1. The van der Waals surface area contributed by atoms with E-state index in [0.29, 0.717) is 18.9 Å². The number of anilines is 1. The molecule has 6 nitrogen and oxygen atoms in total. The van der Waals surface area contributed by atoms with E-state index in [1.807, 2.05) is 43.0 Å². The fraction of sp³-hybridized carbons (Fsp3) is 0.500. The van der Waals surface area contributed by atoms with Gasteiger partial charge in [-0.25, -0.2) is 4.98 Å². The number of amides is 1. The third-order valence-corrected chi connectivity index (χ3v) is 4.56. The van der Waals surface area contributed by atoms with Gasteiger partial charge >= 0.3 is 0 Å². The number of piperidine rings is 1. The van der Waals surface area contributed by atoms with E-state index < -0.39 is 0 Å². The minimum absolute atomic E-state index is 0.0213. The molecule has 1 amide bonds. The van der Waals surface area contributed by atoms with E-state index in [-0.39, 0.29) is 23.4 Å². The summed E-state index contributed by atoms with van der Waals surface area (Å²) >= 11 is 0. The van der Waals surface area contributed by atoms with E-state index in [1.165, 1.54) is 0 Å². The molecule has 1 aliphatic rings. The standard InChI is InChI=1S/C18H24N4O2/c1-12(2)19-17(23)13-8-10-22(11-9-13)16-18(24)21(3)15-7-5-4-6-14(15)20-16/h4-7,12-13H,8-11H2,1-3H3,(H,19,23). The molecule has 1 aromatic carbocycles. The van der Waals surface area contributed by atoms with Crippen LogP contribution in [0.2, 0.25) is 0 Å². The van der Waals surface area contributed by atoms with Crippen LogP contribution in [0, 0.1) is 5.92 Å². The zero-order valence-electron chi connectivity index (χ0n) is 14.5. The van der Waals surface area contributed by atoms with Crippen LogP contribution in [0.5, 0.6) is 0 Å². The summed E-state index contributed by atoms with van der Waals surface area (Å²) in [5, 5.41) is 2.97. The first-order valence-corrected chi connectivity index (χ1v) is 8.48. The summed E-state index contributed by atoms with van der Waals surface area (Å²) in [5.41, 5.74) is 1.56. The molecule has 0 saturated carbocycles. The molecule has 1 saturated heterocycles. The van der Waals surface area contributed by atoms with Gasteiger partial charge in [-0.05, 0) is 38.8 Å². The molecule has 1 fully saturated rings. The fourth-order valence-corrected chi connectivity index (χ4v) is 3.23. The predicted molar refractivity (Wildman–Crippen MR) is 95.2 cm³/mol. The molecule has 0 unspecified atom stereocenters. The summed E-state index contributed by atoms with van der Waals surface area (Å²) < 4.78 is 1.65. The number of para-hydroxylation sites is 2. The molecule has 0 radical (unpaired) electrons. The number of carbonyl (C=O) groups is 1. The molecular weight excluding hydrogens is 304 g/mol. The van der Waals surface area contributed by atoms with Crippen LogP contribution in [0.1, 0.15) is 26.7 Å². The first-order chi connectivity index (χ1) is 11.5. The largest absolute Gasteiger partial charge is 0.354 e. The summed E-state index contributed by atoms with van der Waals surface area (Å²) in [6.45, 7) is 5.29. The molecule has 128 valence electrons. The Morgan fingerprint density at radius 2 is 1.92 bits per heavy atom. The highest BCUT2D eigenvalue weighted by Crippen LogP contribution is 2.21. The van der Waals surface area contributed by atoms with Crippen molar-refractivity contribution in [2.45, 2.75) is 32.7 Å². The monoisotopic (exact) mass is 328 g/mol. The zero-order valence-corrected chi connectivity index (χ0v) is 14.5. The number of hydrogen-bond donors (Lipinski definition) is 1. The maximum Gasteiger partial charge on any atom is 0.293 e. The Labute approximate surface area is 141 Å². The minimum atomic E-state index is -0.0845. The Hall–Kier alpha value is -2.37. The number of benzene rings is 1. The number of rotatable bonds is 3. The van der Waals surface area contributed by atoms with Crippen molar-refractivity contribution in [1.82, 2.24) is 14.9 Å². The van der Waals surface area contributed by atoms with Gasteiger partial charge in [0.05, 0.1) is 11.0 Å². The van der Waals surface area contributed by atoms with Crippen LogP contribution < -0.4 is 15.8 Å². The summed E-state index contributed by atoms with van der Waals surface area (Å²) in [5.74, 6) is 0.621. The fourth-order valence-electron chi connectivity index (χ4n) is 3.23. The van der Waals surface area contributed by atoms with E-state index in [4.69, 9.17) is 0 Å². The first kappa shape index (κ1) is 16.5. The third kappa shape index (κ3) is 3.13. The maximum absolute atomic E-state index is 12.6. The normalized spacial score (nSPS) is 15.9. The predicted octanol–water partition coefficient (Wildman–Crippen LogP) is 1.67. The lowest BCUT2D eigenvalue weighted by Gasteiger charge is -2.32. The molecule has 0 aliphatic carbocycles. The maximum atomic E-state index is 12.6. The number of nitrogens with one attached hydrogen (secondary N) is 1. The van der Waals surface area contributed by atoms with Gasteiger partial charge in [0, 0.05) is 32.1 Å². The Morgan fingerprint density at radius 1 is 1.25 bits per heavy atom. The Morgan fingerprint density at radius 3 is 2.58 bits per heavy atom. The highest BCUT2D eigenvalue weighted by Gasteiger charge is 2.27. The molecule has 1 aromatic heterocycles. The van der Waals surface area contributed by atoms with Crippen molar-refractivity contribution in [3.05, 3.63) is 34.6 Å². The molecule has 0 bridgehead atoms. The van der Waals surface area contributed by atoms with E-state index in [9.17, 15) is 9.59 Å². The first-order valence-electron chi connectivity index (χ1n) is 8.48. The summed E-state index contributed by atoms with van der Waals surface area (Å²) in [7, 11) is 1.78. The Kier molecular flexibility index (Phi) is 4.55. The SMILES string of the molecule is CC(C)NC(=O)C1CCN(c2nc3ccccc3n(C)c2=O)CC1. The lowest BCUT2D eigenvalue weighted by Crippen LogP contribution is -2.44. The highest BCUT2D eigenvalue weighted by atomic mass is 16.2. The second-order valence-electron chi connectivity index (χ2n) is 6.71. The van der Waals surface area contributed by atoms with E-state index in [1.54, 1.807) is 11.6 Å². The summed E-state index contributed by atoms with van der Waals surface area (Å²) in [6, 6.07) is 7.80. The molecule has 0 atom stereocenters. The average molecular weight is 328 g/mol. The second kappa shape index (κ2) is 6.63. The van der Waals surface area contributed by atoms with Gasteiger partial charge in [0.2, 0.25) is 5.91 Å². The summed E-state index contributed by atoms with van der Waals surface area (Å²) in [6.07, 6.45) is 1.49. The molecule has 24 heavy (non-hydrogen) atoms. The number of aryl methyl sites for hydroxylation is 1. The Balaban J connectivity index is 1.80. The van der Waals surface area contributed by atoms with Crippen molar-refractivity contribution >= 4 is 22.8 Å². The molecule has 2 heterocycles. The van der Waals surface area contributed by atoms with Gasteiger partial charge in [0.1, 0.15) is 0 Å². The zero-order chi connectivity index (χ0) is 17.3. The molecule has 2 aromatic rings. The van der Waals surface area contributed by atoms with Crippen LogP contribution in [-0.2, 0) is 11.8 Å². The molecule has 3 rings (SSSR count). The van der Waals surface area contributed by atoms with Crippen molar-refractivity contribution in [2.75, 3.05) is 18.0 Å². The number of aromatic nitrogens is 2. The van der Waals surface area contributed by atoms with E-state index in [0.717, 1.165) is 23.9 Å². The van der Waals surface area contributed by atoms with Crippen molar-refractivity contribution in [2.24, 2.45) is 13.0 Å². The lowest BCUT2D eigenvalue weighted by molar-refractivity contribution is -0.126. The molecular formula is C18H24N4O2. The van der Waals surface area contributed by atoms with Gasteiger partial charge in [-0.1, -0.05) is 12.1 Å². The minimum Gasteiger partial charge on any atom is -0.354 e. The van der Waals surface area contributed by atoms with Crippen molar-refractivity contribution in [3.63, 3.8) is 0 Å². The molecule has 1 aliphatic heterocycles. The molecule has 6 heteroatoms. The topological polar surface area (TPSA) is 67.2 Å². The number of carbonyl (C=O) groups excluding carboxylic acids is 1. The highest BCUT2D eigenvalue weighted by molar-refractivity contribution is 5.79. The summed E-state index contributed by atoms with van der Waals surface area (Å²) in [4.78, 5) is 31.3. The number of nitrogens with zero attached hydrogens (tertiary/aromatic N) is 3. The van der Waals surface area contributed by atoms with Gasteiger partial charge in [0.25, 0.3) is 5.56 Å². The van der Waals surface area contributed by atoms with Crippen LogP contribution in [0.4, 0.5) is 5.82 Å². The van der Waals surface area contributed by atoms with Gasteiger partial charge in [-0.3, -0.25) is 9.59 Å². The quantitative estimate of drug-likeness (QED) is 0.931. The second-order valence-corrected chi connectivity index (χ2v) is 6.71. The van der Waals surface area contributed by atoms with Crippen molar-refractivity contribution < 1.29 is 4.79 Å². The van der Waals surface area contributed by atoms with Crippen LogP contribution in [0.15, 0.2) is 29.1 Å². The van der Waals surface area contributed by atoms with Crippen molar-refractivity contribution in [1.29, 1.82) is 0 Å². The van der Waals surface area contributed by atoms with Crippen LogP contribution in [0.3, 0.4) is 0 Å². The average Bonchev–Trinajstić information content (AvgIpc) is 2.58. The smallest absolute Gasteiger partial charge is 0.293 e. The van der Waals surface area contributed by atoms with Crippen molar-refractivity contribution in [3.8, 4) is 0 Å². The van der Waals surface area contributed by atoms with Gasteiger partial charge in [-0.2, -0.15) is 0 Å². The van der Waals surface area contributed by atoms with Crippen LogP contribution in [-0.4, -0.2) is 34.6 Å². The molecule has 1 N–H and O–H groups in total. The third-order valence-electron chi connectivity index (χ3n) is 4.56. The van der Waals surface area contributed by atoms with E-state index >= 15 is 0 Å². The van der Waals surface area contributed by atoms with Gasteiger partial charge in [0.15, 0.2) is 5.82 Å².